The zero-order valence-corrected chi connectivity index (χ0v) is 11.6. The summed E-state index contributed by atoms with van der Waals surface area (Å²) in [6.45, 7) is 2.25. The van der Waals surface area contributed by atoms with E-state index in [1.54, 1.807) is 11.1 Å². The predicted octanol–water partition coefficient (Wildman–Crippen LogP) is 5.43. The third-order valence-corrected chi connectivity index (χ3v) is 4.27. The second-order valence-corrected chi connectivity index (χ2v) is 5.73. The Morgan fingerprint density at radius 2 is 1.94 bits per heavy atom. The first-order valence-electron chi connectivity index (χ1n) is 7.07. The van der Waals surface area contributed by atoms with E-state index in [1.165, 1.54) is 50.5 Å². The summed E-state index contributed by atoms with van der Waals surface area (Å²) in [7, 11) is 0. The van der Waals surface area contributed by atoms with Crippen LogP contribution < -0.4 is 0 Å². The highest BCUT2D eigenvalue weighted by Gasteiger charge is 2.14. The molecule has 0 amide bonds. The van der Waals surface area contributed by atoms with E-state index >= 15 is 0 Å². The van der Waals surface area contributed by atoms with Crippen molar-refractivity contribution < 1.29 is 0 Å². The molecule has 0 aromatic heterocycles. The molecule has 0 radical (unpaired) electrons. The molecular weight excluding hydrogens is 228 g/mol. The number of alkyl halides is 1. The van der Waals surface area contributed by atoms with E-state index in [1.807, 2.05) is 0 Å². The fourth-order valence-corrected chi connectivity index (χ4v) is 2.99. The van der Waals surface area contributed by atoms with Gasteiger partial charge >= 0.3 is 0 Å². The van der Waals surface area contributed by atoms with Crippen molar-refractivity contribution in [1.29, 1.82) is 0 Å². The molecular formula is C16H23Cl. The number of rotatable bonds is 6. The molecule has 1 unspecified atom stereocenters. The van der Waals surface area contributed by atoms with E-state index in [2.05, 4.69) is 25.1 Å². The average Bonchev–Trinajstić information content (AvgIpc) is 2.81. The summed E-state index contributed by atoms with van der Waals surface area (Å²) in [6, 6.07) is 6.88. The fourth-order valence-electron chi connectivity index (χ4n) is 2.70. The van der Waals surface area contributed by atoms with Crippen molar-refractivity contribution in [2.75, 3.05) is 0 Å². The summed E-state index contributed by atoms with van der Waals surface area (Å²) in [5.41, 5.74) is 4.43. The highest BCUT2D eigenvalue weighted by molar-refractivity contribution is 6.20. The average molecular weight is 251 g/mol. The maximum atomic E-state index is 6.49. The van der Waals surface area contributed by atoms with Gasteiger partial charge in [0.15, 0.2) is 0 Å². The van der Waals surface area contributed by atoms with Gasteiger partial charge < -0.3 is 0 Å². The molecule has 1 atom stereocenters. The van der Waals surface area contributed by atoms with E-state index in [4.69, 9.17) is 11.6 Å². The van der Waals surface area contributed by atoms with Crippen LogP contribution in [0, 0.1) is 0 Å². The molecule has 1 aromatic carbocycles. The third kappa shape index (κ3) is 3.48. The lowest BCUT2D eigenvalue weighted by Crippen LogP contribution is -1.93. The first kappa shape index (κ1) is 13.0. The smallest absolute Gasteiger partial charge is 0.0585 e. The maximum Gasteiger partial charge on any atom is 0.0585 e. The van der Waals surface area contributed by atoms with Crippen LogP contribution in [0.5, 0.6) is 0 Å². The van der Waals surface area contributed by atoms with Crippen LogP contribution in [0.1, 0.15) is 67.5 Å². The summed E-state index contributed by atoms with van der Waals surface area (Å²) >= 11 is 6.49. The van der Waals surface area contributed by atoms with Crippen molar-refractivity contribution in [2.45, 2.75) is 63.7 Å². The SMILES string of the molecule is CCCCCCC(Cl)c1ccc2c(c1)CCC2. The predicted molar refractivity (Wildman–Crippen MR) is 75.8 cm³/mol. The Morgan fingerprint density at radius 1 is 1.12 bits per heavy atom. The molecule has 1 aliphatic carbocycles. The zero-order valence-electron chi connectivity index (χ0n) is 10.8. The monoisotopic (exact) mass is 250 g/mol. The quantitative estimate of drug-likeness (QED) is 0.467. The number of aryl methyl sites for hydroxylation is 2. The van der Waals surface area contributed by atoms with Crippen molar-refractivity contribution >= 4 is 11.6 Å². The number of hydrogen-bond acceptors (Lipinski definition) is 0. The van der Waals surface area contributed by atoms with Crippen molar-refractivity contribution in [3.8, 4) is 0 Å². The van der Waals surface area contributed by atoms with Gasteiger partial charge in [0.2, 0.25) is 0 Å². The molecule has 0 nitrogen and oxygen atoms in total. The molecule has 1 heteroatoms. The molecule has 0 saturated carbocycles. The Balaban J connectivity index is 1.88. The van der Waals surface area contributed by atoms with E-state index in [0.29, 0.717) is 0 Å². The van der Waals surface area contributed by atoms with Crippen LogP contribution >= 0.6 is 11.6 Å². The van der Waals surface area contributed by atoms with Gasteiger partial charge in [-0.3, -0.25) is 0 Å². The normalized spacial score (nSPS) is 15.9. The molecule has 17 heavy (non-hydrogen) atoms. The number of benzene rings is 1. The van der Waals surface area contributed by atoms with Gasteiger partial charge in [-0.25, -0.2) is 0 Å². The Morgan fingerprint density at radius 3 is 2.76 bits per heavy atom. The molecule has 0 aliphatic heterocycles. The Hall–Kier alpha value is -0.490. The second kappa shape index (κ2) is 6.44. The minimum Gasteiger partial charge on any atom is -0.118 e. The molecule has 0 N–H and O–H groups in total. The van der Waals surface area contributed by atoms with Crippen LogP contribution in [0.25, 0.3) is 0 Å². The summed E-state index contributed by atoms with van der Waals surface area (Å²) in [5, 5.41) is 0.220. The highest BCUT2D eigenvalue weighted by Crippen LogP contribution is 2.31. The maximum absolute atomic E-state index is 6.49. The van der Waals surface area contributed by atoms with Crippen LogP contribution in [-0.4, -0.2) is 0 Å². The lowest BCUT2D eigenvalue weighted by molar-refractivity contribution is 0.624. The van der Waals surface area contributed by atoms with Crippen molar-refractivity contribution in [3.05, 3.63) is 34.9 Å². The molecule has 0 spiro atoms. The van der Waals surface area contributed by atoms with Crippen molar-refractivity contribution in [3.63, 3.8) is 0 Å². The van der Waals surface area contributed by atoms with Gasteiger partial charge in [0, 0.05) is 0 Å². The minimum absolute atomic E-state index is 0.220. The standard InChI is InChI=1S/C16H23Cl/c1-2-3-4-5-9-16(17)15-11-10-13-7-6-8-14(13)12-15/h10-12,16H,2-9H2,1H3. The van der Waals surface area contributed by atoms with Crippen LogP contribution in [0.2, 0.25) is 0 Å². The second-order valence-electron chi connectivity index (χ2n) is 5.20. The molecule has 0 saturated heterocycles. The molecule has 1 aromatic rings. The molecule has 0 heterocycles. The van der Waals surface area contributed by atoms with Gasteiger partial charge in [-0.15, -0.1) is 11.6 Å². The van der Waals surface area contributed by atoms with E-state index in [0.717, 1.165) is 6.42 Å². The number of unbranched alkanes of at least 4 members (excludes halogenated alkanes) is 3. The van der Waals surface area contributed by atoms with Gasteiger partial charge in [-0.05, 0) is 42.4 Å². The highest BCUT2D eigenvalue weighted by atomic mass is 35.5. The first-order chi connectivity index (χ1) is 8.31. The van der Waals surface area contributed by atoms with Crippen molar-refractivity contribution in [1.82, 2.24) is 0 Å². The molecule has 0 bridgehead atoms. The van der Waals surface area contributed by atoms with Gasteiger partial charge in [0.1, 0.15) is 0 Å². The van der Waals surface area contributed by atoms with Gasteiger partial charge in [0.25, 0.3) is 0 Å². The van der Waals surface area contributed by atoms with Crippen molar-refractivity contribution in [2.24, 2.45) is 0 Å². The first-order valence-corrected chi connectivity index (χ1v) is 7.50. The summed E-state index contributed by atoms with van der Waals surface area (Å²) < 4.78 is 0. The zero-order chi connectivity index (χ0) is 12.1. The van der Waals surface area contributed by atoms with Gasteiger partial charge in [-0.2, -0.15) is 0 Å². The summed E-state index contributed by atoms with van der Waals surface area (Å²) in [5.74, 6) is 0. The van der Waals surface area contributed by atoms with E-state index < -0.39 is 0 Å². The summed E-state index contributed by atoms with van der Waals surface area (Å²) in [6.07, 6.45) is 10.2. The molecule has 2 rings (SSSR count). The van der Waals surface area contributed by atoms with Crippen LogP contribution in [-0.2, 0) is 12.8 Å². The Bertz CT molecular complexity index is 357. The lowest BCUT2D eigenvalue weighted by atomic mass is 10.0. The third-order valence-electron chi connectivity index (χ3n) is 3.80. The molecule has 94 valence electrons. The van der Waals surface area contributed by atoms with Crippen LogP contribution in [0.3, 0.4) is 0 Å². The Labute approximate surface area is 110 Å². The number of fused-ring (bicyclic) bond motifs is 1. The lowest BCUT2D eigenvalue weighted by Gasteiger charge is -2.11. The molecule has 1 aliphatic rings. The van der Waals surface area contributed by atoms with Gasteiger partial charge in [-0.1, -0.05) is 50.8 Å². The topological polar surface area (TPSA) is 0 Å². The minimum atomic E-state index is 0.220. The fraction of sp³-hybridized carbons (Fsp3) is 0.625. The summed E-state index contributed by atoms with van der Waals surface area (Å²) in [4.78, 5) is 0. The van der Waals surface area contributed by atoms with E-state index in [9.17, 15) is 0 Å². The van der Waals surface area contributed by atoms with E-state index in [-0.39, 0.29) is 5.38 Å². The Kier molecular flexibility index (Phi) is 4.91. The number of halogens is 1. The molecule has 0 fully saturated rings. The van der Waals surface area contributed by atoms with Crippen LogP contribution in [0.4, 0.5) is 0 Å². The number of hydrogen-bond donors (Lipinski definition) is 0. The largest absolute Gasteiger partial charge is 0.118 e. The van der Waals surface area contributed by atoms with Gasteiger partial charge in [0.05, 0.1) is 5.38 Å². The van der Waals surface area contributed by atoms with Crippen LogP contribution in [0.15, 0.2) is 18.2 Å².